The molecule has 0 aliphatic carbocycles. The Labute approximate surface area is 174 Å². The number of nitrogens with one attached hydrogen (secondary N) is 3. The average molecular weight is 406 g/mol. The highest BCUT2D eigenvalue weighted by atomic mass is 16.6. The van der Waals surface area contributed by atoms with Crippen molar-refractivity contribution in [3.05, 3.63) is 66.2 Å². The molecule has 0 saturated carbocycles. The van der Waals surface area contributed by atoms with Gasteiger partial charge in [-0.2, -0.15) is 0 Å². The first-order valence-corrected chi connectivity index (χ1v) is 9.86. The zero-order chi connectivity index (χ0) is 20.9. The standard InChI is InChI=1S/C23H23N3O4/c1-26(14-16-6-7-17-4-2-3-5-18(17)12-16)15-22(27)25-23(28)24-19-8-9-20-21(13-19)30-11-10-29-20/h2-9,12-13H,10-11,14-15H2,1H3,(H2,24,25,27,28)/p+1. The highest BCUT2D eigenvalue weighted by Crippen LogP contribution is 2.32. The number of hydrogen-bond donors (Lipinski definition) is 3. The summed E-state index contributed by atoms with van der Waals surface area (Å²) in [5.74, 6) is 0.871. The summed E-state index contributed by atoms with van der Waals surface area (Å²) in [5.41, 5.74) is 1.67. The Hall–Kier alpha value is -3.58. The van der Waals surface area contributed by atoms with Gasteiger partial charge in [-0.05, 0) is 29.0 Å². The van der Waals surface area contributed by atoms with Gasteiger partial charge < -0.3 is 19.7 Å². The van der Waals surface area contributed by atoms with E-state index in [4.69, 9.17) is 9.47 Å². The van der Waals surface area contributed by atoms with Crippen LogP contribution in [0, 0.1) is 0 Å². The maximum absolute atomic E-state index is 12.3. The zero-order valence-electron chi connectivity index (χ0n) is 16.7. The van der Waals surface area contributed by atoms with Crippen molar-refractivity contribution >= 4 is 28.4 Å². The van der Waals surface area contributed by atoms with E-state index in [0.717, 1.165) is 10.5 Å². The lowest BCUT2D eigenvalue weighted by molar-refractivity contribution is -0.885. The first kappa shape index (κ1) is 19.7. The van der Waals surface area contributed by atoms with Crippen LogP contribution in [0.1, 0.15) is 5.56 Å². The third kappa shape index (κ3) is 4.87. The van der Waals surface area contributed by atoms with E-state index in [1.165, 1.54) is 10.8 Å². The monoisotopic (exact) mass is 406 g/mol. The topological polar surface area (TPSA) is 81.1 Å². The quantitative estimate of drug-likeness (QED) is 0.605. The predicted octanol–water partition coefficient (Wildman–Crippen LogP) is 1.97. The molecule has 0 aromatic heterocycles. The fourth-order valence-electron chi connectivity index (χ4n) is 3.49. The van der Waals surface area contributed by atoms with Crippen LogP contribution in [0.2, 0.25) is 0 Å². The number of quaternary nitrogens is 1. The average Bonchev–Trinajstić information content (AvgIpc) is 2.73. The number of imide groups is 1. The van der Waals surface area contributed by atoms with Crippen LogP contribution in [0.15, 0.2) is 60.7 Å². The first-order valence-electron chi connectivity index (χ1n) is 9.86. The van der Waals surface area contributed by atoms with Gasteiger partial charge in [0, 0.05) is 17.3 Å². The number of ether oxygens (including phenoxy) is 2. The largest absolute Gasteiger partial charge is 0.486 e. The van der Waals surface area contributed by atoms with E-state index >= 15 is 0 Å². The molecule has 3 aromatic carbocycles. The number of anilines is 1. The van der Waals surface area contributed by atoms with Gasteiger partial charge in [-0.15, -0.1) is 0 Å². The van der Waals surface area contributed by atoms with Crippen molar-refractivity contribution in [2.75, 3.05) is 32.1 Å². The van der Waals surface area contributed by atoms with Crippen molar-refractivity contribution in [3.63, 3.8) is 0 Å². The van der Waals surface area contributed by atoms with Crippen LogP contribution >= 0.6 is 0 Å². The maximum Gasteiger partial charge on any atom is 0.326 e. The molecule has 4 rings (SSSR count). The molecule has 0 fully saturated rings. The number of amides is 3. The number of carbonyl (C=O) groups is 2. The van der Waals surface area contributed by atoms with Crippen LogP contribution in [0.3, 0.4) is 0 Å². The minimum Gasteiger partial charge on any atom is -0.486 e. The van der Waals surface area contributed by atoms with E-state index in [9.17, 15) is 9.59 Å². The molecule has 1 aliphatic rings. The Morgan fingerprint density at radius 2 is 1.70 bits per heavy atom. The number of rotatable bonds is 5. The van der Waals surface area contributed by atoms with Crippen LogP contribution < -0.4 is 25.0 Å². The summed E-state index contributed by atoms with van der Waals surface area (Å²) < 4.78 is 10.9. The zero-order valence-corrected chi connectivity index (χ0v) is 16.7. The van der Waals surface area contributed by atoms with Gasteiger partial charge in [0.05, 0.1) is 7.05 Å². The Morgan fingerprint density at radius 3 is 2.53 bits per heavy atom. The summed E-state index contributed by atoms with van der Waals surface area (Å²) in [6.07, 6.45) is 0. The van der Waals surface area contributed by atoms with E-state index in [-0.39, 0.29) is 12.5 Å². The van der Waals surface area contributed by atoms with Crippen LogP contribution in [-0.4, -0.2) is 38.7 Å². The molecule has 154 valence electrons. The van der Waals surface area contributed by atoms with Crippen LogP contribution in [0.25, 0.3) is 10.8 Å². The molecule has 3 aromatic rings. The lowest BCUT2D eigenvalue weighted by atomic mass is 10.1. The van der Waals surface area contributed by atoms with Gasteiger partial charge in [0.25, 0.3) is 5.91 Å². The van der Waals surface area contributed by atoms with Gasteiger partial charge in [-0.1, -0.05) is 36.4 Å². The predicted molar refractivity (Wildman–Crippen MR) is 114 cm³/mol. The number of urea groups is 1. The lowest BCUT2D eigenvalue weighted by Gasteiger charge is -2.19. The summed E-state index contributed by atoms with van der Waals surface area (Å²) >= 11 is 0. The van der Waals surface area contributed by atoms with Crippen molar-refractivity contribution in [3.8, 4) is 11.5 Å². The molecule has 3 amide bonds. The molecule has 7 nitrogen and oxygen atoms in total. The van der Waals surface area contributed by atoms with Crippen LogP contribution in [0.4, 0.5) is 10.5 Å². The van der Waals surface area contributed by atoms with Gasteiger partial charge >= 0.3 is 6.03 Å². The number of carbonyl (C=O) groups excluding carboxylic acids is 2. The SMILES string of the molecule is C[NH+](CC(=O)NC(=O)Nc1ccc2c(c1)OCCO2)Cc1ccc2ccccc2c1. The third-order valence-electron chi connectivity index (χ3n) is 4.84. The molecular formula is C23H24N3O4+. The van der Waals surface area contributed by atoms with Gasteiger partial charge in [-0.3, -0.25) is 10.1 Å². The molecule has 0 radical (unpaired) electrons. The fourth-order valence-corrected chi connectivity index (χ4v) is 3.49. The summed E-state index contributed by atoms with van der Waals surface area (Å²) in [6, 6.07) is 19.0. The molecular weight excluding hydrogens is 382 g/mol. The number of fused-ring (bicyclic) bond motifs is 2. The Bertz CT molecular complexity index is 1080. The van der Waals surface area contributed by atoms with E-state index in [1.807, 2.05) is 19.2 Å². The second kappa shape index (κ2) is 8.84. The Kier molecular flexibility index (Phi) is 5.81. The number of benzene rings is 3. The molecule has 1 aliphatic heterocycles. The van der Waals surface area contributed by atoms with Gasteiger partial charge in [0.1, 0.15) is 19.8 Å². The van der Waals surface area contributed by atoms with Crippen molar-refractivity contribution in [2.24, 2.45) is 0 Å². The van der Waals surface area contributed by atoms with Crippen molar-refractivity contribution < 1.29 is 24.0 Å². The Morgan fingerprint density at radius 1 is 0.933 bits per heavy atom. The number of likely N-dealkylation sites (N-methyl/N-ethyl adjacent to an activating group) is 1. The number of hydrogen-bond acceptors (Lipinski definition) is 4. The van der Waals surface area contributed by atoms with E-state index < -0.39 is 6.03 Å². The molecule has 3 N–H and O–H groups in total. The van der Waals surface area contributed by atoms with E-state index in [2.05, 4.69) is 41.0 Å². The van der Waals surface area contributed by atoms with Crippen molar-refractivity contribution in [1.82, 2.24) is 5.32 Å². The summed E-state index contributed by atoms with van der Waals surface area (Å²) in [5, 5.41) is 7.38. The lowest BCUT2D eigenvalue weighted by Crippen LogP contribution is -3.09. The maximum atomic E-state index is 12.3. The highest BCUT2D eigenvalue weighted by Gasteiger charge is 2.16. The Balaban J connectivity index is 1.28. The summed E-state index contributed by atoms with van der Waals surface area (Å²) in [7, 11) is 1.92. The molecule has 0 saturated heterocycles. The summed E-state index contributed by atoms with van der Waals surface area (Å²) in [4.78, 5) is 25.4. The molecule has 1 atom stereocenters. The van der Waals surface area contributed by atoms with Gasteiger partial charge in [0.2, 0.25) is 0 Å². The molecule has 1 unspecified atom stereocenters. The highest BCUT2D eigenvalue weighted by molar-refractivity contribution is 6.01. The van der Waals surface area contributed by atoms with Gasteiger partial charge in [-0.25, -0.2) is 4.79 Å². The van der Waals surface area contributed by atoms with E-state index in [1.54, 1.807) is 18.2 Å². The summed E-state index contributed by atoms with van der Waals surface area (Å²) in [6.45, 7) is 1.83. The normalized spacial score (nSPS) is 13.5. The second-order valence-corrected chi connectivity index (χ2v) is 7.35. The fraction of sp³-hybridized carbons (Fsp3) is 0.217. The molecule has 7 heteroatoms. The molecule has 0 bridgehead atoms. The second-order valence-electron chi connectivity index (χ2n) is 7.35. The smallest absolute Gasteiger partial charge is 0.326 e. The minimum atomic E-state index is -0.574. The molecule has 1 heterocycles. The molecule has 30 heavy (non-hydrogen) atoms. The van der Waals surface area contributed by atoms with E-state index in [0.29, 0.717) is 36.9 Å². The van der Waals surface area contributed by atoms with Gasteiger partial charge in [0.15, 0.2) is 18.0 Å². The van der Waals surface area contributed by atoms with Crippen LogP contribution in [0.5, 0.6) is 11.5 Å². The van der Waals surface area contributed by atoms with Crippen molar-refractivity contribution in [1.29, 1.82) is 0 Å². The van der Waals surface area contributed by atoms with Crippen molar-refractivity contribution in [2.45, 2.75) is 6.54 Å². The molecule has 0 spiro atoms. The third-order valence-corrected chi connectivity index (χ3v) is 4.84. The minimum absolute atomic E-state index is 0.182. The first-order chi connectivity index (χ1) is 14.6. The van der Waals surface area contributed by atoms with Crippen LogP contribution in [-0.2, 0) is 11.3 Å².